The maximum Gasteiger partial charge on any atom is 0.196 e. The number of allylic oxidation sites excluding steroid dienone is 1. The van der Waals surface area contributed by atoms with Crippen LogP contribution in [-0.4, -0.2) is 16.7 Å². The number of benzene rings is 2. The zero-order valence-corrected chi connectivity index (χ0v) is 11.0. The summed E-state index contributed by atoms with van der Waals surface area (Å²) >= 11 is 0. The normalized spacial score (nSPS) is 11.2. The van der Waals surface area contributed by atoms with Gasteiger partial charge in [-0.05, 0) is 19.1 Å². The predicted molar refractivity (Wildman–Crippen MR) is 77.5 cm³/mol. The molecule has 0 saturated heterocycles. The van der Waals surface area contributed by atoms with E-state index in [-0.39, 0.29) is 22.9 Å². The topological polar surface area (TPSA) is 54.4 Å². The highest BCUT2D eigenvalue weighted by Crippen LogP contribution is 2.21. The number of ketones is 2. The molecular formula is C17H14O3. The van der Waals surface area contributed by atoms with Crippen LogP contribution in [0.15, 0.2) is 60.2 Å². The first-order valence-corrected chi connectivity index (χ1v) is 6.20. The quantitative estimate of drug-likeness (QED) is 0.400. The smallest absolute Gasteiger partial charge is 0.196 e. The molecule has 3 heteroatoms. The van der Waals surface area contributed by atoms with Crippen LogP contribution < -0.4 is 0 Å². The molecule has 20 heavy (non-hydrogen) atoms. The molecule has 0 saturated carbocycles. The van der Waals surface area contributed by atoms with Crippen LogP contribution in [0.3, 0.4) is 0 Å². The van der Waals surface area contributed by atoms with Gasteiger partial charge in [0, 0.05) is 11.1 Å². The lowest BCUT2D eigenvalue weighted by atomic mass is 9.98. The molecule has 3 nitrogen and oxygen atoms in total. The molecule has 1 N–H and O–H groups in total. The number of carbonyl (C=O) groups excluding carboxylic acids is 2. The molecule has 2 aromatic rings. The monoisotopic (exact) mass is 266 g/mol. The lowest BCUT2D eigenvalue weighted by Crippen LogP contribution is -2.10. The molecule has 0 amide bonds. The van der Waals surface area contributed by atoms with Gasteiger partial charge in [-0.2, -0.15) is 0 Å². The Kier molecular flexibility index (Phi) is 4.11. The van der Waals surface area contributed by atoms with Crippen LogP contribution in [0.2, 0.25) is 0 Å². The number of aromatic hydroxyl groups is 1. The first-order chi connectivity index (χ1) is 9.59. The van der Waals surface area contributed by atoms with Crippen molar-refractivity contribution >= 4 is 17.6 Å². The molecule has 0 atom stereocenters. The molecule has 2 rings (SSSR count). The van der Waals surface area contributed by atoms with Crippen LogP contribution in [0.5, 0.6) is 5.75 Å². The molecule has 0 spiro atoms. The van der Waals surface area contributed by atoms with Gasteiger partial charge >= 0.3 is 0 Å². The number of phenolic OH excluding ortho intramolecular Hbond substituents is 1. The van der Waals surface area contributed by atoms with Crippen molar-refractivity contribution in [3.8, 4) is 5.75 Å². The van der Waals surface area contributed by atoms with Gasteiger partial charge in [-0.1, -0.05) is 48.5 Å². The molecule has 0 bridgehead atoms. The Morgan fingerprint density at radius 2 is 1.55 bits per heavy atom. The number of carbonyl (C=O) groups is 2. The molecule has 0 aliphatic rings. The second kappa shape index (κ2) is 5.97. The highest BCUT2D eigenvalue weighted by Gasteiger charge is 2.16. The van der Waals surface area contributed by atoms with Gasteiger partial charge < -0.3 is 5.11 Å². The lowest BCUT2D eigenvalue weighted by Gasteiger charge is -2.04. The maximum absolute atomic E-state index is 12.3. The number of rotatable bonds is 4. The summed E-state index contributed by atoms with van der Waals surface area (Å²) in [4.78, 5) is 24.0. The third-order valence-corrected chi connectivity index (χ3v) is 2.90. The Bertz CT molecular complexity index is 670. The Morgan fingerprint density at radius 3 is 2.15 bits per heavy atom. The Balaban J connectivity index is 2.45. The average Bonchev–Trinajstić information content (AvgIpc) is 2.46. The van der Waals surface area contributed by atoms with Crippen molar-refractivity contribution in [1.29, 1.82) is 0 Å². The molecule has 0 aliphatic carbocycles. The van der Waals surface area contributed by atoms with Gasteiger partial charge in [0.25, 0.3) is 0 Å². The zero-order valence-electron chi connectivity index (χ0n) is 11.0. The minimum atomic E-state index is -0.346. The molecule has 0 radical (unpaired) electrons. The third-order valence-electron chi connectivity index (χ3n) is 2.90. The van der Waals surface area contributed by atoms with E-state index in [1.807, 2.05) is 0 Å². The number of para-hydroxylation sites is 1. The van der Waals surface area contributed by atoms with Gasteiger partial charge in [0.15, 0.2) is 11.6 Å². The minimum absolute atomic E-state index is 0.0344. The molecule has 0 fully saturated rings. The van der Waals surface area contributed by atoms with Crippen LogP contribution in [0.1, 0.15) is 22.8 Å². The molecule has 0 unspecified atom stereocenters. The van der Waals surface area contributed by atoms with E-state index in [4.69, 9.17) is 0 Å². The van der Waals surface area contributed by atoms with Crippen LogP contribution in [0.4, 0.5) is 0 Å². The van der Waals surface area contributed by atoms with Crippen molar-refractivity contribution in [3.63, 3.8) is 0 Å². The van der Waals surface area contributed by atoms with E-state index in [2.05, 4.69) is 0 Å². The molecule has 0 aliphatic heterocycles. The number of hydrogen-bond donors (Lipinski definition) is 1. The van der Waals surface area contributed by atoms with Crippen LogP contribution in [0, 0.1) is 0 Å². The molecule has 0 aromatic heterocycles. The predicted octanol–water partition coefficient (Wildman–Crippen LogP) is 3.25. The van der Waals surface area contributed by atoms with E-state index in [0.29, 0.717) is 11.1 Å². The molecule has 2 aromatic carbocycles. The first kappa shape index (κ1) is 13.7. The first-order valence-electron chi connectivity index (χ1n) is 6.20. The Hall–Kier alpha value is -2.68. The van der Waals surface area contributed by atoms with E-state index >= 15 is 0 Å². The van der Waals surface area contributed by atoms with Crippen molar-refractivity contribution < 1.29 is 14.7 Å². The Labute approximate surface area is 117 Å². The molecular weight excluding hydrogens is 252 g/mol. The third kappa shape index (κ3) is 3.01. The van der Waals surface area contributed by atoms with Gasteiger partial charge in [-0.25, -0.2) is 0 Å². The van der Waals surface area contributed by atoms with E-state index in [1.54, 1.807) is 48.5 Å². The van der Waals surface area contributed by atoms with Crippen LogP contribution >= 0.6 is 0 Å². The summed E-state index contributed by atoms with van der Waals surface area (Å²) in [5, 5.41) is 9.73. The van der Waals surface area contributed by atoms with E-state index in [1.165, 1.54) is 19.1 Å². The van der Waals surface area contributed by atoms with Gasteiger partial charge in [-0.15, -0.1) is 0 Å². The number of phenols is 1. The van der Waals surface area contributed by atoms with Crippen molar-refractivity contribution in [1.82, 2.24) is 0 Å². The zero-order chi connectivity index (χ0) is 14.5. The SMILES string of the molecule is CC(=O)C(=Cc1ccccc1O)C(=O)c1ccccc1. The molecule has 100 valence electrons. The highest BCUT2D eigenvalue weighted by molar-refractivity contribution is 6.28. The summed E-state index contributed by atoms with van der Waals surface area (Å²) in [6.45, 7) is 1.34. The highest BCUT2D eigenvalue weighted by atomic mass is 16.3. The van der Waals surface area contributed by atoms with Crippen molar-refractivity contribution in [2.75, 3.05) is 0 Å². The lowest BCUT2D eigenvalue weighted by molar-refractivity contribution is -0.113. The minimum Gasteiger partial charge on any atom is -0.507 e. The molecule has 0 heterocycles. The second-order valence-electron chi connectivity index (χ2n) is 4.37. The van der Waals surface area contributed by atoms with Crippen LogP contribution in [-0.2, 0) is 4.79 Å². The van der Waals surface area contributed by atoms with Gasteiger partial charge in [0.2, 0.25) is 0 Å². The van der Waals surface area contributed by atoms with E-state index in [0.717, 1.165) is 0 Å². The number of Topliss-reactive ketones (excluding diaryl/α,β-unsaturated/α-hetero) is 2. The van der Waals surface area contributed by atoms with Crippen molar-refractivity contribution in [2.24, 2.45) is 0 Å². The summed E-state index contributed by atoms with van der Waals surface area (Å²) in [7, 11) is 0. The summed E-state index contributed by atoms with van der Waals surface area (Å²) in [5.41, 5.74) is 0.948. The van der Waals surface area contributed by atoms with Gasteiger partial charge in [0.1, 0.15) is 5.75 Å². The second-order valence-corrected chi connectivity index (χ2v) is 4.37. The fraction of sp³-hybridized carbons (Fsp3) is 0.0588. The van der Waals surface area contributed by atoms with Gasteiger partial charge in [-0.3, -0.25) is 9.59 Å². The standard InChI is InChI=1S/C17H14O3/c1-12(18)15(11-14-9-5-6-10-16(14)19)17(20)13-7-3-2-4-8-13/h2-11,19H,1H3. The largest absolute Gasteiger partial charge is 0.507 e. The summed E-state index contributed by atoms with van der Waals surface area (Å²) in [6, 6.07) is 15.2. The number of hydrogen-bond acceptors (Lipinski definition) is 3. The summed E-state index contributed by atoms with van der Waals surface area (Å²) < 4.78 is 0. The fourth-order valence-corrected chi connectivity index (χ4v) is 1.84. The summed E-state index contributed by atoms with van der Waals surface area (Å²) in [5.74, 6) is -0.643. The maximum atomic E-state index is 12.3. The average molecular weight is 266 g/mol. The van der Waals surface area contributed by atoms with Gasteiger partial charge in [0.05, 0.1) is 5.57 Å². The fourth-order valence-electron chi connectivity index (χ4n) is 1.84. The van der Waals surface area contributed by atoms with E-state index < -0.39 is 0 Å². The summed E-state index contributed by atoms with van der Waals surface area (Å²) in [6.07, 6.45) is 1.42. The van der Waals surface area contributed by atoms with E-state index in [9.17, 15) is 14.7 Å². The Morgan fingerprint density at radius 1 is 0.950 bits per heavy atom. The van der Waals surface area contributed by atoms with Crippen molar-refractivity contribution in [3.05, 3.63) is 71.3 Å². The van der Waals surface area contributed by atoms with Crippen LogP contribution in [0.25, 0.3) is 6.08 Å². The van der Waals surface area contributed by atoms with Crippen molar-refractivity contribution in [2.45, 2.75) is 6.92 Å².